The first kappa shape index (κ1) is 14.3. The quantitative estimate of drug-likeness (QED) is 0.932. The minimum atomic E-state index is -0.917. The van der Waals surface area contributed by atoms with Gasteiger partial charge in [0.1, 0.15) is 5.54 Å². The Labute approximate surface area is 121 Å². The molecule has 1 aromatic heterocycles. The molecule has 2 aromatic rings. The van der Waals surface area contributed by atoms with E-state index in [1.807, 2.05) is 24.3 Å². The van der Waals surface area contributed by atoms with Crippen LogP contribution in [0.1, 0.15) is 18.7 Å². The van der Waals surface area contributed by atoms with Gasteiger partial charge >= 0.3 is 5.97 Å². The zero-order chi connectivity index (χ0) is 14.2. The number of carbonyl (C=O) groups is 1. The third-order valence-corrected chi connectivity index (χ3v) is 5.16. The Bertz CT molecular complexity index is 621. The van der Waals surface area contributed by atoms with Gasteiger partial charge in [-0.1, -0.05) is 29.8 Å². The number of benzene rings is 1. The van der Waals surface area contributed by atoms with E-state index >= 15 is 0 Å². The largest absolute Gasteiger partial charge is 0.480 e. The normalized spacial score (nSPS) is 12.3. The lowest BCUT2D eigenvalue weighted by atomic mass is 10.0. The lowest BCUT2D eigenvalue weighted by molar-refractivity contribution is -0.148. The number of halogens is 1. The Morgan fingerprint density at radius 3 is 2.63 bits per heavy atom. The molecule has 0 atom stereocenters. The molecule has 0 radical (unpaired) electrons. The molecule has 0 bridgehead atoms. The maximum Gasteiger partial charge on any atom is 0.323 e. The number of aliphatic carboxylic acids is 1. The summed E-state index contributed by atoms with van der Waals surface area (Å²) in [6.07, 6.45) is 0. The zero-order valence-corrected chi connectivity index (χ0v) is 12.7. The molecule has 3 nitrogen and oxygen atoms in total. The van der Waals surface area contributed by atoms with E-state index in [0.29, 0.717) is 6.54 Å². The molecule has 0 aliphatic heterocycles. The molecule has 0 saturated carbocycles. The van der Waals surface area contributed by atoms with Crippen molar-refractivity contribution in [2.45, 2.75) is 25.9 Å². The van der Waals surface area contributed by atoms with Gasteiger partial charge in [0.15, 0.2) is 0 Å². The number of likely N-dealkylation sites (N-methyl/N-ethyl adjacent to an activating group) is 1. The molecule has 1 heterocycles. The number of rotatable bonds is 4. The first-order chi connectivity index (χ1) is 8.84. The molecule has 0 aliphatic rings. The second-order valence-electron chi connectivity index (χ2n) is 5.06. The van der Waals surface area contributed by atoms with Gasteiger partial charge in [-0.15, -0.1) is 11.3 Å². The number of carboxylic acid groups (broad SMARTS) is 1. The lowest BCUT2D eigenvalue weighted by Crippen LogP contribution is -2.47. The smallest absolute Gasteiger partial charge is 0.323 e. The fourth-order valence-corrected chi connectivity index (χ4v) is 3.29. The molecule has 5 heteroatoms. The van der Waals surface area contributed by atoms with Crippen LogP contribution in [0.25, 0.3) is 10.1 Å². The van der Waals surface area contributed by atoms with E-state index in [9.17, 15) is 9.90 Å². The molecule has 102 valence electrons. The Morgan fingerprint density at radius 1 is 1.42 bits per heavy atom. The van der Waals surface area contributed by atoms with Gasteiger partial charge in [0.25, 0.3) is 0 Å². The van der Waals surface area contributed by atoms with E-state index in [1.54, 1.807) is 37.1 Å². The van der Waals surface area contributed by atoms with Crippen LogP contribution >= 0.6 is 22.9 Å². The summed E-state index contributed by atoms with van der Waals surface area (Å²) in [5.74, 6) is -0.841. The second-order valence-corrected chi connectivity index (χ2v) is 6.57. The lowest BCUT2D eigenvalue weighted by Gasteiger charge is -2.31. The highest BCUT2D eigenvalue weighted by Crippen LogP contribution is 2.36. The predicted octanol–water partition coefficient (Wildman–Crippen LogP) is 3.85. The van der Waals surface area contributed by atoms with Crippen LogP contribution in [0.5, 0.6) is 0 Å². The number of thiophene rings is 1. The van der Waals surface area contributed by atoms with Gasteiger partial charge in [-0.2, -0.15) is 0 Å². The zero-order valence-electron chi connectivity index (χ0n) is 11.1. The first-order valence-electron chi connectivity index (χ1n) is 5.94. The van der Waals surface area contributed by atoms with Crippen molar-refractivity contribution >= 4 is 39.0 Å². The van der Waals surface area contributed by atoms with E-state index in [2.05, 4.69) is 0 Å². The molecule has 2 rings (SSSR count). The SMILES string of the molecule is CN(Cc1sc2ccccc2c1Cl)C(C)(C)C(=O)O. The maximum atomic E-state index is 11.2. The van der Waals surface area contributed by atoms with Crippen LogP contribution < -0.4 is 0 Å². The van der Waals surface area contributed by atoms with Crippen molar-refractivity contribution in [3.63, 3.8) is 0 Å². The Hall–Kier alpha value is -1.10. The summed E-state index contributed by atoms with van der Waals surface area (Å²) in [6, 6.07) is 7.94. The molecule has 19 heavy (non-hydrogen) atoms. The molecule has 0 unspecified atom stereocenters. The van der Waals surface area contributed by atoms with Crippen LogP contribution in [-0.2, 0) is 11.3 Å². The fraction of sp³-hybridized carbons (Fsp3) is 0.357. The monoisotopic (exact) mass is 297 g/mol. The van der Waals surface area contributed by atoms with Gasteiger partial charge in [0, 0.05) is 21.5 Å². The summed E-state index contributed by atoms with van der Waals surface area (Å²) in [5, 5.41) is 11.0. The topological polar surface area (TPSA) is 40.5 Å². The number of hydrogen-bond acceptors (Lipinski definition) is 3. The highest BCUT2D eigenvalue weighted by Gasteiger charge is 2.32. The van der Waals surface area contributed by atoms with Crippen LogP contribution in [0.2, 0.25) is 5.02 Å². The summed E-state index contributed by atoms with van der Waals surface area (Å²) in [4.78, 5) is 14.0. The summed E-state index contributed by atoms with van der Waals surface area (Å²) in [7, 11) is 1.80. The van der Waals surface area contributed by atoms with Crippen LogP contribution in [0, 0.1) is 0 Å². The maximum absolute atomic E-state index is 11.2. The van der Waals surface area contributed by atoms with Crippen molar-refractivity contribution in [2.24, 2.45) is 0 Å². The van der Waals surface area contributed by atoms with Crippen LogP contribution in [0.4, 0.5) is 0 Å². The van der Waals surface area contributed by atoms with Crippen LogP contribution in [-0.4, -0.2) is 28.6 Å². The van der Waals surface area contributed by atoms with Crippen molar-refractivity contribution in [2.75, 3.05) is 7.05 Å². The van der Waals surface area contributed by atoms with E-state index in [0.717, 1.165) is 20.0 Å². The van der Waals surface area contributed by atoms with Gasteiger partial charge in [0.2, 0.25) is 0 Å². The third-order valence-electron chi connectivity index (χ3n) is 3.46. The van der Waals surface area contributed by atoms with Gasteiger partial charge in [-0.3, -0.25) is 9.69 Å². The molecular weight excluding hydrogens is 282 g/mol. The van der Waals surface area contributed by atoms with Gasteiger partial charge in [0.05, 0.1) is 5.02 Å². The summed E-state index contributed by atoms with van der Waals surface area (Å²) in [5.41, 5.74) is -0.917. The minimum Gasteiger partial charge on any atom is -0.480 e. The predicted molar refractivity (Wildman–Crippen MR) is 80.0 cm³/mol. The average Bonchev–Trinajstić information content (AvgIpc) is 2.67. The van der Waals surface area contributed by atoms with Crippen molar-refractivity contribution < 1.29 is 9.90 Å². The highest BCUT2D eigenvalue weighted by molar-refractivity contribution is 7.19. The standard InChI is InChI=1S/C14H16ClNO2S/c1-14(2,13(17)18)16(3)8-11-12(15)9-6-4-5-7-10(9)19-11/h4-7H,8H2,1-3H3,(H,17,18). The summed E-state index contributed by atoms with van der Waals surface area (Å²) >= 11 is 7.98. The molecule has 1 aromatic carbocycles. The Morgan fingerprint density at radius 2 is 2.05 bits per heavy atom. The van der Waals surface area contributed by atoms with E-state index < -0.39 is 11.5 Å². The highest BCUT2D eigenvalue weighted by atomic mass is 35.5. The summed E-state index contributed by atoms with van der Waals surface area (Å²) < 4.78 is 1.13. The molecule has 0 fully saturated rings. The number of nitrogens with zero attached hydrogens (tertiary/aromatic N) is 1. The van der Waals surface area contributed by atoms with Crippen molar-refractivity contribution in [1.29, 1.82) is 0 Å². The van der Waals surface area contributed by atoms with E-state index in [1.165, 1.54) is 0 Å². The number of hydrogen-bond donors (Lipinski definition) is 1. The summed E-state index contributed by atoms with van der Waals surface area (Å²) in [6.45, 7) is 3.91. The van der Waals surface area contributed by atoms with Crippen molar-refractivity contribution in [3.8, 4) is 0 Å². The molecule has 0 spiro atoms. The van der Waals surface area contributed by atoms with Crippen LogP contribution in [0.3, 0.4) is 0 Å². The van der Waals surface area contributed by atoms with Gasteiger partial charge < -0.3 is 5.11 Å². The molecule has 0 saturated heterocycles. The third kappa shape index (κ3) is 2.61. The molecule has 0 aliphatic carbocycles. The van der Waals surface area contributed by atoms with Gasteiger partial charge in [-0.05, 0) is 27.0 Å². The van der Waals surface area contributed by atoms with E-state index in [-0.39, 0.29) is 0 Å². The second kappa shape index (κ2) is 5.12. The minimum absolute atomic E-state index is 0.525. The first-order valence-corrected chi connectivity index (χ1v) is 7.14. The Kier molecular flexibility index (Phi) is 3.85. The fourth-order valence-electron chi connectivity index (χ4n) is 1.74. The van der Waals surface area contributed by atoms with Crippen molar-refractivity contribution in [3.05, 3.63) is 34.2 Å². The van der Waals surface area contributed by atoms with E-state index in [4.69, 9.17) is 11.6 Å². The number of carboxylic acids is 1. The Balaban J connectivity index is 2.32. The molecular formula is C14H16ClNO2S. The molecule has 0 amide bonds. The van der Waals surface area contributed by atoms with Crippen molar-refractivity contribution in [1.82, 2.24) is 4.90 Å². The average molecular weight is 298 g/mol. The number of fused-ring (bicyclic) bond motifs is 1. The molecule has 1 N–H and O–H groups in total. The van der Waals surface area contributed by atoms with Crippen LogP contribution in [0.15, 0.2) is 24.3 Å². The van der Waals surface area contributed by atoms with Gasteiger partial charge in [-0.25, -0.2) is 0 Å².